The highest BCUT2D eigenvalue weighted by Crippen LogP contribution is 2.26. The molecule has 0 spiro atoms. The molecule has 0 radical (unpaired) electrons. The summed E-state index contributed by atoms with van der Waals surface area (Å²) < 4.78 is 0. The number of benzene rings is 2. The quantitative estimate of drug-likeness (QED) is 0.766. The van der Waals surface area contributed by atoms with Crippen molar-refractivity contribution in [3.8, 4) is 0 Å². The molecule has 2 N–H and O–H groups in total. The van der Waals surface area contributed by atoms with Crippen LogP contribution in [0.25, 0.3) is 0 Å². The summed E-state index contributed by atoms with van der Waals surface area (Å²) in [6, 6.07) is 14.7. The van der Waals surface area contributed by atoms with Gasteiger partial charge in [-0.3, -0.25) is 14.4 Å². The van der Waals surface area contributed by atoms with E-state index in [0.29, 0.717) is 18.5 Å². The Kier molecular flexibility index (Phi) is 6.12. The Morgan fingerprint density at radius 2 is 1.77 bits per heavy atom. The van der Waals surface area contributed by atoms with Crippen LogP contribution in [0.2, 0.25) is 0 Å². The summed E-state index contributed by atoms with van der Waals surface area (Å²) in [5.41, 5.74) is 3.07. The van der Waals surface area contributed by atoms with Gasteiger partial charge in [-0.2, -0.15) is 0 Å². The fourth-order valence-corrected chi connectivity index (χ4v) is 4.19. The van der Waals surface area contributed by atoms with Crippen LogP contribution in [-0.2, 0) is 16.1 Å². The molecule has 1 saturated heterocycles. The minimum atomic E-state index is -0.172. The van der Waals surface area contributed by atoms with E-state index in [2.05, 4.69) is 10.6 Å². The average Bonchev–Trinajstić information content (AvgIpc) is 3.44. The lowest BCUT2D eigenvalue weighted by atomic mass is 10.1. The third-order valence-corrected chi connectivity index (χ3v) is 5.89. The maximum atomic E-state index is 12.5. The van der Waals surface area contributed by atoms with Gasteiger partial charge in [0.2, 0.25) is 11.8 Å². The molecule has 1 aliphatic carbocycles. The van der Waals surface area contributed by atoms with Crippen LogP contribution < -0.4 is 15.5 Å². The van der Waals surface area contributed by atoms with Crippen LogP contribution in [0, 0.1) is 5.92 Å². The van der Waals surface area contributed by atoms with Crippen LogP contribution >= 0.6 is 0 Å². The highest BCUT2D eigenvalue weighted by atomic mass is 16.2. The second-order valence-corrected chi connectivity index (χ2v) is 8.05. The number of hydrogen-bond acceptors (Lipinski definition) is 3. The van der Waals surface area contributed by atoms with Crippen molar-refractivity contribution in [3.05, 3.63) is 59.7 Å². The van der Waals surface area contributed by atoms with Crippen molar-refractivity contribution in [2.75, 3.05) is 16.8 Å². The van der Waals surface area contributed by atoms with Crippen molar-refractivity contribution in [3.63, 3.8) is 0 Å². The first-order valence-electron chi connectivity index (χ1n) is 10.7. The number of carbonyl (C=O) groups excluding carboxylic acids is 3. The Hall–Kier alpha value is -3.15. The first-order valence-corrected chi connectivity index (χ1v) is 10.7. The largest absolute Gasteiger partial charge is 0.348 e. The summed E-state index contributed by atoms with van der Waals surface area (Å²) in [7, 11) is 0. The van der Waals surface area contributed by atoms with E-state index >= 15 is 0 Å². The molecular weight excluding hydrogens is 378 g/mol. The summed E-state index contributed by atoms with van der Waals surface area (Å²) in [6.07, 6.45) is 5.64. The highest BCUT2D eigenvalue weighted by molar-refractivity contribution is 5.97. The normalized spacial score (nSPS) is 16.7. The molecule has 0 atom stereocenters. The Bertz CT molecular complexity index is 933. The van der Waals surface area contributed by atoms with Gasteiger partial charge in [0.15, 0.2) is 0 Å². The van der Waals surface area contributed by atoms with Crippen molar-refractivity contribution >= 4 is 29.1 Å². The van der Waals surface area contributed by atoms with Gasteiger partial charge in [0.25, 0.3) is 5.91 Å². The minimum absolute atomic E-state index is 0.0882. The van der Waals surface area contributed by atoms with Crippen molar-refractivity contribution < 1.29 is 14.4 Å². The first-order chi connectivity index (χ1) is 14.6. The predicted octanol–water partition coefficient (Wildman–Crippen LogP) is 3.87. The third kappa shape index (κ3) is 4.70. The minimum Gasteiger partial charge on any atom is -0.348 e. The number of amides is 3. The molecule has 3 amide bonds. The van der Waals surface area contributed by atoms with Gasteiger partial charge in [-0.25, -0.2) is 0 Å². The molecule has 156 valence electrons. The van der Waals surface area contributed by atoms with Gasteiger partial charge in [-0.1, -0.05) is 25.0 Å². The zero-order valence-corrected chi connectivity index (χ0v) is 17.0. The molecule has 0 aromatic heterocycles. The number of anilines is 2. The van der Waals surface area contributed by atoms with E-state index in [1.165, 1.54) is 0 Å². The average molecular weight is 405 g/mol. The smallest absolute Gasteiger partial charge is 0.251 e. The van der Waals surface area contributed by atoms with Crippen LogP contribution in [0.5, 0.6) is 0 Å². The molecule has 0 unspecified atom stereocenters. The fourth-order valence-electron chi connectivity index (χ4n) is 4.19. The lowest BCUT2D eigenvalue weighted by Gasteiger charge is -2.16. The van der Waals surface area contributed by atoms with Gasteiger partial charge in [0.1, 0.15) is 0 Å². The van der Waals surface area contributed by atoms with Crippen LogP contribution in [0.4, 0.5) is 11.4 Å². The summed E-state index contributed by atoms with van der Waals surface area (Å²) in [5, 5.41) is 5.91. The lowest BCUT2D eigenvalue weighted by molar-refractivity contribution is -0.119. The molecule has 2 aliphatic rings. The van der Waals surface area contributed by atoms with Crippen LogP contribution in [0.1, 0.15) is 54.4 Å². The summed E-state index contributed by atoms with van der Waals surface area (Å²) in [6.45, 7) is 1.11. The van der Waals surface area contributed by atoms with Gasteiger partial charge in [0.05, 0.1) is 0 Å². The van der Waals surface area contributed by atoms with Crippen molar-refractivity contribution in [1.29, 1.82) is 0 Å². The Labute approximate surface area is 176 Å². The van der Waals surface area contributed by atoms with E-state index in [-0.39, 0.29) is 23.6 Å². The molecule has 6 nitrogen and oxygen atoms in total. The zero-order chi connectivity index (χ0) is 20.9. The van der Waals surface area contributed by atoms with Crippen molar-refractivity contribution in [2.45, 2.75) is 45.1 Å². The predicted molar refractivity (Wildman–Crippen MR) is 116 cm³/mol. The number of nitrogens with zero attached hydrogens (tertiary/aromatic N) is 1. The molecule has 2 aromatic rings. The summed E-state index contributed by atoms with van der Waals surface area (Å²) >= 11 is 0. The van der Waals surface area contributed by atoms with E-state index < -0.39 is 0 Å². The van der Waals surface area contributed by atoms with Gasteiger partial charge in [-0.15, -0.1) is 0 Å². The first kappa shape index (κ1) is 20.1. The molecule has 2 aromatic carbocycles. The molecule has 1 heterocycles. The molecule has 1 aliphatic heterocycles. The van der Waals surface area contributed by atoms with E-state index in [9.17, 15) is 14.4 Å². The maximum Gasteiger partial charge on any atom is 0.251 e. The van der Waals surface area contributed by atoms with E-state index in [0.717, 1.165) is 55.6 Å². The number of carbonyl (C=O) groups is 3. The van der Waals surface area contributed by atoms with Gasteiger partial charge in [0, 0.05) is 42.4 Å². The Morgan fingerprint density at radius 3 is 2.47 bits per heavy atom. The number of hydrogen-bond donors (Lipinski definition) is 2. The molecule has 2 fully saturated rings. The van der Waals surface area contributed by atoms with E-state index in [4.69, 9.17) is 0 Å². The number of rotatable bonds is 6. The fraction of sp³-hybridized carbons (Fsp3) is 0.375. The Morgan fingerprint density at radius 1 is 1.00 bits per heavy atom. The van der Waals surface area contributed by atoms with Crippen LogP contribution in [-0.4, -0.2) is 24.3 Å². The van der Waals surface area contributed by atoms with Crippen LogP contribution in [0.3, 0.4) is 0 Å². The molecule has 6 heteroatoms. The summed E-state index contributed by atoms with van der Waals surface area (Å²) in [4.78, 5) is 38.4. The second-order valence-electron chi connectivity index (χ2n) is 8.05. The van der Waals surface area contributed by atoms with E-state index in [1.807, 2.05) is 36.4 Å². The highest BCUT2D eigenvalue weighted by Gasteiger charge is 2.23. The molecule has 30 heavy (non-hydrogen) atoms. The topological polar surface area (TPSA) is 78.5 Å². The van der Waals surface area contributed by atoms with Crippen LogP contribution in [0.15, 0.2) is 48.5 Å². The molecule has 4 rings (SSSR count). The second kappa shape index (κ2) is 9.11. The number of nitrogens with one attached hydrogen (secondary N) is 2. The monoisotopic (exact) mass is 405 g/mol. The lowest BCUT2D eigenvalue weighted by Crippen LogP contribution is -2.25. The van der Waals surface area contributed by atoms with Gasteiger partial charge in [-0.05, 0) is 61.2 Å². The molecular formula is C24H27N3O3. The molecule has 0 bridgehead atoms. The van der Waals surface area contributed by atoms with Gasteiger partial charge >= 0.3 is 0 Å². The Balaban J connectivity index is 1.32. The van der Waals surface area contributed by atoms with Crippen molar-refractivity contribution in [2.24, 2.45) is 5.92 Å². The molecule has 1 saturated carbocycles. The summed E-state index contributed by atoms with van der Waals surface area (Å²) in [5.74, 6) is 0.166. The van der Waals surface area contributed by atoms with E-state index in [1.54, 1.807) is 17.0 Å². The van der Waals surface area contributed by atoms with Crippen molar-refractivity contribution in [1.82, 2.24) is 5.32 Å². The SMILES string of the molecule is O=C(NCc1cccc(NC(=O)C2CCCC2)c1)c1ccc(N2CCCC2=O)cc1. The zero-order valence-electron chi connectivity index (χ0n) is 17.0. The maximum absolute atomic E-state index is 12.5. The third-order valence-electron chi connectivity index (χ3n) is 5.89. The van der Waals surface area contributed by atoms with Gasteiger partial charge < -0.3 is 15.5 Å². The standard InChI is InChI=1S/C24H27N3O3/c28-22-9-4-14-27(22)21-12-10-19(11-13-21)23(29)25-16-17-5-3-8-20(15-17)26-24(30)18-6-1-2-7-18/h3,5,8,10-13,15,18H,1-2,4,6-7,9,14,16H2,(H,25,29)(H,26,30).